The van der Waals surface area contributed by atoms with Gasteiger partial charge in [0.25, 0.3) is 5.91 Å². The first-order valence-electron chi connectivity index (χ1n) is 7.25. The number of H-pyrrole nitrogens is 1. The van der Waals surface area contributed by atoms with Crippen LogP contribution in [0, 0.1) is 0 Å². The molecule has 1 heterocycles. The Balaban J connectivity index is 2.06. The molecule has 0 aliphatic rings. The molecule has 1 amide bonds. The number of hydrogen-bond acceptors (Lipinski definition) is 2. The van der Waals surface area contributed by atoms with Crippen molar-refractivity contribution >= 4 is 16.8 Å². The van der Waals surface area contributed by atoms with Crippen LogP contribution in [-0.2, 0) is 5.41 Å². The Hall–Kier alpha value is -2.62. The molecule has 0 saturated heterocycles. The fraction of sp³-hybridized carbons (Fsp3) is 0.222. The number of nitrogens with two attached hydrogens (primary N) is 1. The predicted octanol–water partition coefficient (Wildman–Crippen LogP) is 3.63. The van der Waals surface area contributed by atoms with Gasteiger partial charge in [0.15, 0.2) is 5.69 Å². The maximum Gasteiger partial charge on any atom is 0.269 e. The topological polar surface area (TPSA) is 71.8 Å². The van der Waals surface area contributed by atoms with Crippen LogP contribution in [0.25, 0.3) is 22.0 Å². The van der Waals surface area contributed by atoms with Crippen LogP contribution in [0.15, 0.2) is 42.5 Å². The SMILES string of the molecule is CC(C)(C)c1ccc(-c2ccc3[nH]nc(C(N)=O)c3c2)cc1. The molecule has 3 N–H and O–H groups in total. The molecule has 0 spiro atoms. The molecule has 0 bridgehead atoms. The molecule has 4 heteroatoms. The van der Waals surface area contributed by atoms with Crippen molar-refractivity contribution in [1.82, 2.24) is 10.2 Å². The Morgan fingerprint density at radius 1 is 1.05 bits per heavy atom. The molecule has 3 rings (SSSR count). The van der Waals surface area contributed by atoms with Gasteiger partial charge < -0.3 is 5.73 Å². The van der Waals surface area contributed by atoms with E-state index in [0.29, 0.717) is 0 Å². The number of primary amides is 1. The molecular formula is C18H19N3O. The second-order valence-electron chi connectivity index (χ2n) is 6.52. The monoisotopic (exact) mass is 293 g/mol. The van der Waals surface area contributed by atoms with Crippen LogP contribution in [0.4, 0.5) is 0 Å². The van der Waals surface area contributed by atoms with Gasteiger partial charge in [0, 0.05) is 5.39 Å². The summed E-state index contributed by atoms with van der Waals surface area (Å²) in [4.78, 5) is 11.4. The lowest BCUT2D eigenvalue weighted by Crippen LogP contribution is -2.11. The van der Waals surface area contributed by atoms with E-state index in [-0.39, 0.29) is 11.1 Å². The maximum atomic E-state index is 11.4. The van der Waals surface area contributed by atoms with Crippen LogP contribution in [0.1, 0.15) is 36.8 Å². The van der Waals surface area contributed by atoms with Crippen LogP contribution in [0.2, 0.25) is 0 Å². The van der Waals surface area contributed by atoms with Crippen molar-refractivity contribution in [3.05, 3.63) is 53.7 Å². The minimum absolute atomic E-state index is 0.131. The second kappa shape index (κ2) is 4.98. The molecule has 2 aromatic carbocycles. The lowest BCUT2D eigenvalue weighted by atomic mass is 9.86. The third kappa shape index (κ3) is 2.48. The third-order valence-corrected chi connectivity index (χ3v) is 3.88. The van der Waals surface area contributed by atoms with Crippen molar-refractivity contribution in [2.75, 3.05) is 0 Å². The minimum atomic E-state index is -0.522. The highest BCUT2D eigenvalue weighted by atomic mass is 16.1. The number of amides is 1. The average molecular weight is 293 g/mol. The third-order valence-electron chi connectivity index (χ3n) is 3.88. The number of carbonyl (C=O) groups is 1. The molecule has 0 aliphatic heterocycles. The van der Waals surface area contributed by atoms with Crippen LogP contribution in [0.5, 0.6) is 0 Å². The number of nitrogens with one attached hydrogen (secondary N) is 1. The maximum absolute atomic E-state index is 11.4. The normalized spacial score (nSPS) is 11.8. The number of aromatic nitrogens is 2. The average Bonchev–Trinajstić information content (AvgIpc) is 2.89. The largest absolute Gasteiger partial charge is 0.364 e. The summed E-state index contributed by atoms with van der Waals surface area (Å²) in [5.41, 5.74) is 10.0. The van der Waals surface area contributed by atoms with Gasteiger partial charge in [-0.2, -0.15) is 5.10 Å². The Morgan fingerprint density at radius 2 is 1.68 bits per heavy atom. The van der Waals surface area contributed by atoms with E-state index >= 15 is 0 Å². The van der Waals surface area contributed by atoms with Gasteiger partial charge in [0.2, 0.25) is 0 Å². The quantitative estimate of drug-likeness (QED) is 0.757. The number of carbonyl (C=O) groups excluding carboxylic acids is 1. The van der Waals surface area contributed by atoms with Gasteiger partial charge in [-0.1, -0.05) is 51.1 Å². The second-order valence-corrected chi connectivity index (χ2v) is 6.52. The number of hydrogen-bond donors (Lipinski definition) is 2. The number of fused-ring (bicyclic) bond motifs is 1. The molecule has 112 valence electrons. The first-order chi connectivity index (χ1) is 10.4. The van der Waals surface area contributed by atoms with Crippen LogP contribution >= 0.6 is 0 Å². The summed E-state index contributed by atoms with van der Waals surface area (Å²) in [6.45, 7) is 6.58. The molecule has 0 radical (unpaired) electrons. The summed E-state index contributed by atoms with van der Waals surface area (Å²) < 4.78 is 0. The van der Waals surface area contributed by atoms with Crippen molar-refractivity contribution in [3.63, 3.8) is 0 Å². The molecule has 0 saturated carbocycles. The standard InChI is InChI=1S/C18H19N3O/c1-18(2,3)13-7-4-11(5-8-13)12-6-9-15-14(10-12)16(17(19)22)21-20-15/h4-10H,1-3H3,(H2,19,22)(H,20,21). The van der Waals surface area contributed by atoms with Crippen LogP contribution in [-0.4, -0.2) is 16.1 Å². The van der Waals surface area contributed by atoms with Gasteiger partial charge in [-0.05, 0) is 34.2 Å². The zero-order chi connectivity index (χ0) is 15.9. The van der Waals surface area contributed by atoms with Crippen LogP contribution < -0.4 is 5.73 Å². The molecule has 1 aromatic heterocycles. The Bertz CT molecular complexity index is 839. The summed E-state index contributed by atoms with van der Waals surface area (Å²) >= 11 is 0. The Morgan fingerprint density at radius 3 is 2.27 bits per heavy atom. The van der Waals surface area contributed by atoms with Gasteiger partial charge in [0.1, 0.15) is 0 Å². The number of benzene rings is 2. The fourth-order valence-electron chi connectivity index (χ4n) is 2.54. The van der Waals surface area contributed by atoms with Crippen molar-refractivity contribution in [1.29, 1.82) is 0 Å². The predicted molar refractivity (Wildman–Crippen MR) is 88.7 cm³/mol. The van der Waals surface area contributed by atoms with Crippen molar-refractivity contribution < 1.29 is 4.79 Å². The fourth-order valence-corrected chi connectivity index (χ4v) is 2.54. The summed E-state index contributed by atoms with van der Waals surface area (Å²) in [5, 5.41) is 7.56. The molecule has 0 unspecified atom stereocenters. The summed E-state index contributed by atoms with van der Waals surface area (Å²) in [6.07, 6.45) is 0. The van der Waals surface area contributed by atoms with E-state index in [0.717, 1.165) is 22.0 Å². The number of nitrogens with zero attached hydrogens (tertiary/aromatic N) is 1. The van der Waals surface area contributed by atoms with Crippen molar-refractivity contribution in [3.8, 4) is 11.1 Å². The van der Waals surface area contributed by atoms with Crippen molar-refractivity contribution in [2.45, 2.75) is 26.2 Å². The zero-order valence-electron chi connectivity index (χ0n) is 13.0. The first-order valence-corrected chi connectivity index (χ1v) is 7.25. The lowest BCUT2D eigenvalue weighted by molar-refractivity contribution is 0.0997. The number of aromatic amines is 1. The molecule has 4 nitrogen and oxygen atoms in total. The van der Waals surface area contributed by atoms with E-state index in [9.17, 15) is 4.79 Å². The van der Waals surface area contributed by atoms with Gasteiger partial charge in [-0.3, -0.25) is 9.89 Å². The zero-order valence-corrected chi connectivity index (χ0v) is 13.0. The van der Waals surface area contributed by atoms with E-state index in [1.165, 1.54) is 5.56 Å². The van der Waals surface area contributed by atoms with Gasteiger partial charge >= 0.3 is 0 Å². The number of rotatable bonds is 2. The Labute approximate surface area is 129 Å². The van der Waals surface area contributed by atoms with E-state index in [1.807, 2.05) is 18.2 Å². The molecule has 22 heavy (non-hydrogen) atoms. The summed E-state index contributed by atoms with van der Waals surface area (Å²) in [6, 6.07) is 14.4. The summed E-state index contributed by atoms with van der Waals surface area (Å²) in [7, 11) is 0. The molecule has 0 fully saturated rings. The highest BCUT2D eigenvalue weighted by molar-refractivity contribution is 6.04. The van der Waals surface area contributed by atoms with Gasteiger partial charge in [-0.25, -0.2) is 0 Å². The van der Waals surface area contributed by atoms with E-state index in [4.69, 9.17) is 5.73 Å². The molecular weight excluding hydrogens is 274 g/mol. The van der Waals surface area contributed by atoms with Gasteiger partial charge in [-0.15, -0.1) is 0 Å². The van der Waals surface area contributed by atoms with E-state index in [2.05, 4.69) is 55.2 Å². The smallest absolute Gasteiger partial charge is 0.269 e. The van der Waals surface area contributed by atoms with Crippen LogP contribution in [0.3, 0.4) is 0 Å². The lowest BCUT2D eigenvalue weighted by Gasteiger charge is -2.19. The minimum Gasteiger partial charge on any atom is -0.364 e. The molecule has 0 aliphatic carbocycles. The Kier molecular flexibility index (Phi) is 3.24. The highest BCUT2D eigenvalue weighted by Gasteiger charge is 2.14. The van der Waals surface area contributed by atoms with Crippen molar-refractivity contribution in [2.24, 2.45) is 5.73 Å². The highest BCUT2D eigenvalue weighted by Crippen LogP contribution is 2.28. The molecule has 0 atom stereocenters. The van der Waals surface area contributed by atoms with E-state index in [1.54, 1.807) is 0 Å². The summed E-state index contributed by atoms with van der Waals surface area (Å²) in [5.74, 6) is -0.522. The van der Waals surface area contributed by atoms with Gasteiger partial charge in [0.05, 0.1) is 5.52 Å². The van der Waals surface area contributed by atoms with E-state index < -0.39 is 5.91 Å². The molecule has 3 aromatic rings. The first kappa shape index (κ1) is 14.3.